The second kappa shape index (κ2) is 4.34. The molecule has 1 N–H and O–H groups in total. The van der Waals surface area contributed by atoms with Crippen molar-refractivity contribution in [1.82, 2.24) is 5.32 Å². The standard InChI is InChI=1S/C15H21NO/c1-3-16-15-10(2)17-14-9-12-7-5-4-6-11(12)8-13(14)15/h8-10,15-16H,3-7H2,1-2H3. The van der Waals surface area contributed by atoms with Crippen molar-refractivity contribution in [3.63, 3.8) is 0 Å². The minimum absolute atomic E-state index is 0.258. The predicted octanol–water partition coefficient (Wildman–Crippen LogP) is 3.00. The third kappa shape index (κ3) is 1.85. The lowest BCUT2D eigenvalue weighted by Gasteiger charge is -2.18. The van der Waals surface area contributed by atoms with Gasteiger partial charge in [0, 0.05) is 5.56 Å². The molecule has 3 rings (SSSR count). The minimum atomic E-state index is 0.258. The second-order valence-electron chi connectivity index (χ2n) is 5.22. The fourth-order valence-corrected chi connectivity index (χ4v) is 3.14. The number of benzene rings is 1. The van der Waals surface area contributed by atoms with Crippen molar-refractivity contribution in [3.8, 4) is 5.75 Å². The topological polar surface area (TPSA) is 21.3 Å². The van der Waals surface area contributed by atoms with Gasteiger partial charge in [-0.25, -0.2) is 0 Å². The fraction of sp³-hybridized carbons (Fsp3) is 0.600. The van der Waals surface area contributed by atoms with E-state index in [4.69, 9.17) is 4.74 Å². The summed E-state index contributed by atoms with van der Waals surface area (Å²) < 4.78 is 5.98. The van der Waals surface area contributed by atoms with Gasteiger partial charge in [-0.15, -0.1) is 0 Å². The van der Waals surface area contributed by atoms with E-state index in [-0.39, 0.29) is 6.10 Å². The van der Waals surface area contributed by atoms with Crippen LogP contribution in [0.3, 0.4) is 0 Å². The van der Waals surface area contributed by atoms with Crippen LogP contribution in [-0.4, -0.2) is 12.6 Å². The number of nitrogens with one attached hydrogen (secondary N) is 1. The predicted molar refractivity (Wildman–Crippen MR) is 69.6 cm³/mol. The Labute approximate surface area is 103 Å². The summed E-state index contributed by atoms with van der Waals surface area (Å²) in [6.07, 6.45) is 5.41. The molecule has 1 aliphatic carbocycles. The Morgan fingerprint density at radius 1 is 1.24 bits per heavy atom. The minimum Gasteiger partial charge on any atom is -0.488 e. The Morgan fingerprint density at radius 3 is 2.65 bits per heavy atom. The first-order valence-corrected chi connectivity index (χ1v) is 6.85. The van der Waals surface area contributed by atoms with Gasteiger partial charge in [-0.3, -0.25) is 0 Å². The van der Waals surface area contributed by atoms with Gasteiger partial charge in [0.15, 0.2) is 0 Å². The first kappa shape index (κ1) is 11.1. The Morgan fingerprint density at radius 2 is 1.94 bits per heavy atom. The summed E-state index contributed by atoms with van der Waals surface area (Å²) >= 11 is 0. The summed E-state index contributed by atoms with van der Waals surface area (Å²) in [5, 5.41) is 3.53. The molecule has 1 aromatic carbocycles. The van der Waals surface area contributed by atoms with Crippen molar-refractivity contribution < 1.29 is 4.74 Å². The Hall–Kier alpha value is -1.02. The zero-order chi connectivity index (χ0) is 11.8. The van der Waals surface area contributed by atoms with Crippen LogP contribution < -0.4 is 10.1 Å². The van der Waals surface area contributed by atoms with Gasteiger partial charge in [-0.05, 0) is 56.3 Å². The van der Waals surface area contributed by atoms with Gasteiger partial charge in [0.2, 0.25) is 0 Å². The average Bonchev–Trinajstić information content (AvgIpc) is 2.63. The lowest BCUT2D eigenvalue weighted by Crippen LogP contribution is -2.28. The summed E-state index contributed by atoms with van der Waals surface area (Å²) in [5.41, 5.74) is 4.44. The van der Waals surface area contributed by atoms with Crippen LogP contribution in [0.4, 0.5) is 0 Å². The van der Waals surface area contributed by atoms with Crippen LogP contribution in [0.15, 0.2) is 12.1 Å². The number of fused-ring (bicyclic) bond motifs is 2. The maximum absolute atomic E-state index is 5.98. The molecule has 0 radical (unpaired) electrons. The third-order valence-electron chi connectivity index (χ3n) is 4.02. The molecule has 2 nitrogen and oxygen atoms in total. The normalized spacial score (nSPS) is 26.2. The van der Waals surface area contributed by atoms with Crippen molar-refractivity contribution >= 4 is 0 Å². The Bertz CT molecular complexity index is 427. The average molecular weight is 231 g/mol. The van der Waals surface area contributed by atoms with Crippen molar-refractivity contribution in [1.29, 1.82) is 0 Å². The van der Waals surface area contributed by atoms with Gasteiger partial charge in [0.25, 0.3) is 0 Å². The van der Waals surface area contributed by atoms with E-state index in [0.717, 1.165) is 12.3 Å². The molecule has 2 aliphatic rings. The van der Waals surface area contributed by atoms with Crippen LogP contribution >= 0.6 is 0 Å². The molecule has 0 aromatic heterocycles. The number of ether oxygens (including phenoxy) is 1. The van der Waals surface area contributed by atoms with Crippen molar-refractivity contribution in [2.24, 2.45) is 0 Å². The maximum atomic E-state index is 5.98. The van der Waals surface area contributed by atoms with E-state index in [1.54, 1.807) is 5.56 Å². The molecule has 17 heavy (non-hydrogen) atoms. The van der Waals surface area contributed by atoms with Gasteiger partial charge in [-0.1, -0.05) is 13.0 Å². The Kier molecular flexibility index (Phi) is 2.83. The zero-order valence-corrected chi connectivity index (χ0v) is 10.8. The molecule has 0 saturated heterocycles. The molecule has 92 valence electrons. The summed E-state index contributed by atoms with van der Waals surface area (Å²) in [7, 11) is 0. The van der Waals surface area contributed by atoms with Crippen molar-refractivity contribution in [3.05, 3.63) is 28.8 Å². The maximum Gasteiger partial charge on any atom is 0.125 e. The van der Waals surface area contributed by atoms with Crippen molar-refractivity contribution in [2.45, 2.75) is 51.7 Å². The largest absolute Gasteiger partial charge is 0.488 e. The lowest BCUT2D eigenvalue weighted by molar-refractivity contribution is 0.211. The monoisotopic (exact) mass is 231 g/mol. The van der Waals surface area contributed by atoms with E-state index < -0.39 is 0 Å². The summed E-state index contributed by atoms with van der Waals surface area (Å²) in [5.74, 6) is 1.11. The van der Waals surface area contributed by atoms with Crippen molar-refractivity contribution in [2.75, 3.05) is 6.54 Å². The van der Waals surface area contributed by atoms with E-state index >= 15 is 0 Å². The van der Waals surface area contributed by atoms with E-state index in [0.29, 0.717) is 6.04 Å². The van der Waals surface area contributed by atoms with Crippen LogP contribution in [0.1, 0.15) is 49.4 Å². The van der Waals surface area contributed by atoms with E-state index in [2.05, 4.69) is 31.3 Å². The molecule has 0 bridgehead atoms. The highest BCUT2D eigenvalue weighted by Gasteiger charge is 2.31. The molecule has 1 heterocycles. The zero-order valence-electron chi connectivity index (χ0n) is 10.8. The van der Waals surface area contributed by atoms with Gasteiger partial charge >= 0.3 is 0 Å². The molecule has 2 unspecified atom stereocenters. The highest BCUT2D eigenvalue weighted by Crippen LogP contribution is 2.40. The first-order valence-electron chi connectivity index (χ1n) is 6.85. The van der Waals surface area contributed by atoms with Crippen LogP contribution in [-0.2, 0) is 12.8 Å². The van der Waals surface area contributed by atoms with Crippen LogP contribution in [0.2, 0.25) is 0 Å². The molecule has 0 saturated carbocycles. The highest BCUT2D eigenvalue weighted by molar-refractivity contribution is 5.48. The number of hydrogen-bond acceptors (Lipinski definition) is 2. The summed E-state index contributed by atoms with van der Waals surface area (Å²) in [6.45, 7) is 5.31. The molecule has 0 spiro atoms. The van der Waals surface area contributed by atoms with E-state index in [1.807, 2.05) is 0 Å². The summed E-state index contributed by atoms with van der Waals surface area (Å²) in [4.78, 5) is 0. The number of rotatable bonds is 2. The molecule has 2 atom stereocenters. The van der Waals surface area contributed by atoms with Gasteiger partial charge in [0.1, 0.15) is 11.9 Å². The SMILES string of the molecule is CCNC1c2cc3c(cc2OC1C)CCCC3. The quantitative estimate of drug-likeness (QED) is 0.845. The first-order chi connectivity index (χ1) is 8.29. The third-order valence-corrected chi connectivity index (χ3v) is 4.02. The van der Waals surface area contributed by atoms with E-state index in [9.17, 15) is 0 Å². The lowest BCUT2D eigenvalue weighted by atomic mass is 9.88. The van der Waals surface area contributed by atoms with E-state index in [1.165, 1.54) is 36.8 Å². The fourth-order valence-electron chi connectivity index (χ4n) is 3.14. The molecule has 0 amide bonds. The number of hydrogen-bond donors (Lipinski definition) is 1. The molecule has 0 fully saturated rings. The molecular formula is C15H21NO. The molecule has 1 aliphatic heterocycles. The molecular weight excluding hydrogens is 210 g/mol. The highest BCUT2D eigenvalue weighted by atomic mass is 16.5. The van der Waals surface area contributed by atoms with Crippen LogP contribution in [0, 0.1) is 0 Å². The Balaban J connectivity index is 1.99. The van der Waals surface area contributed by atoms with Gasteiger partial charge in [-0.2, -0.15) is 0 Å². The van der Waals surface area contributed by atoms with Gasteiger partial charge < -0.3 is 10.1 Å². The van der Waals surface area contributed by atoms with Crippen LogP contribution in [0.25, 0.3) is 0 Å². The number of likely N-dealkylation sites (N-methyl/N-ethyl adjacent to an activating group) is 1. The van der Waals surface area contributed by atoms with Gasteiger partial charge in [0.05, 0.1) is 6.04 Å². The smallest absolute Gasteiger partial charge is 0.125 e. The second-order valence-corrected chi connectivity index (χ2v) is 5.22. The molecule has 1 aromatic rings. The summed E-state index contributed by atoms with van der Waals surface area (Å²) in [6, 6.07) is 5.06. The number of aryl methyl sites for hydroxylation is 2. The molecule has 2 heteroatoms. The van der Waals surface area contributed by atoms with Crippen LogP contribution in [0.5, 0.6) is 5.75 Å².